The molecule has 1 unspecified atom stereocenters. The number of likely N-dealkylation sites (tertiary alicyclic amines) is 1. The first-order valence-electron chi connectivity index (χ1n) is 10.6. The van der Waals surface area contributed by atoms with E-state index in [1.807, 2.05) is 31.2 Å². The van der Waals surface area contributed by atoms with E-state index in [0.29, 0.717) is 30.3 Å². The van der Waals surface area contributed by atoms with Gasteiger partial charge in [0.05, 0.1) is 12.2 Å². The molecule has 152 valence electrons. The highest BCUT2D eigenvalue weighted by Gasteiger charge is 2.41. The number of hydrogen-bond acceptors (Lipinski definition) is 4. The Morgan fingerprint density at radius 2 is 1.82 bits per heavy atom. The summed E-state index contributed by atoms with van der Waals surface area (Å²) in [5.41, 5.74) is 1.95. The number of nitrogens with zero attached hydrogens (tertiary/aromatic N) is 2. The maximum Gasteiger partial charge on any atom is 0.277 e. The summed E-state index contributed by atoms with van der Waals surface area (Å²) < 4.78 is 5.53. The van der Waals surface area contributed by atoms with Crippen LogP contribution >= 0.6 is 0 Å². The maximum absolute atomic E-state index is 13.3. The van der Waals surface area contributed by atoms with Crippen molar-refractivity contribution in [3.8, 4) is 5.75 Å². The Labute approximate surface area is 168 Å². The Kier molecular flexibility index (Phi) is 6.76. The molecule has 1 aromatic carbocycles. The molecule has 0 saturated carbocycles. The van der Waals surface area contributed by atoms with Crippen molar-refractivity contribution in [1.82, 2.24) is 9.80 Å². The van der Waals surface area contributed by atoms with Crippen LogP contribution in [0.15, 0.2) is 30.0 Å². The molecule has 0 N–H and O–H groups in total. The molecule has 2 aliphatic heterocycles. The van der Waals surface area contributed by atoms with Gasteiger partial charge in [-0.25, -0.2) is 0 Å². The summed E-state index contributed by atoms with van der Waals surface area (Å²) in [5, 5.41) is 0. The Bertz CT molecular complexity index is 739. The van der Waals surface area contributed by atoms with Crippen LogP contribution in [0.25, 0.3) is 5.57 Å². The Morgan fingerprint density at radius 3 is 2.46 bits per heavy atom. The molecule has 2 heterocycles. The van der Waals surface area contributed by atoms with Crippen LogP contribution in [0, 0.1) is 5.92 Å². The van der Waals surface area contributed by atoms with E-state index in [-0.39, 0.29) is 11.8 Å². The number of ether oxygens (including phenoxy) is 1. The second-order valence-corrected chi connectivity index (χ2v) is 7.84. The molecule has 0 aliphatic carbocycles. The fourth-order valence-corrected chi connectivity index (χ4v) is 4.12. The zero-order chi connectivity index (χ0) is 20.1. The highest BCUT2D eigenvalue weighted by Crippen LogP contribution is 2.34. The number of hydrogen-bond donors (Lipinski definition) is 0. The number of carbonyl (C=O) groups is 2. The molecular formula is C23H32N2O3. The van der Waals surface area contributed by atoms with Gasteiger partial charge in [-0.15, -0.1) is 0 Å². The third-order valence-electron chi connectivity index (χ3n) is 5.56. The molecule has 1 fully saturated rings. The predicted molar refractivity (Wildman–Crippen MR) is 111 cm³/mol. The minimum absolute atomic E-state index is 0.126. The lowest BCUT2D eigenvalue weighted by atomic mass is 9.97. The lowest BCUT2D eigenvalue weighted by molar-refractivity contribution is -0.137. The van der Waals surface area contributed by atoms with E-state index in [1.165, 1.54) is 11.3 Å². The molecule has 0 bridgehead atoms. The van der Waals surface area contributed by atoms with Gasteiger partial charge in [0.15, 0.2) is 0 Å². The lowest BCUT2D eigenvalue weighted by Gasteiger charge is -2.33. The van der Waals surface area contributed by atoms with Gasteiger partial charge in [-0.05, 0) is 49.8 Å². The zero-order valence-electron chi connectivity index (χ0n) is 17.4. The summed E-state index contributed by atoms with van der Waals surface area (Å²) in [6.45, 7) is 9.04. The number of carbonyl (C=O) groups excluding carboxylic acids is 2. The second kappa shape index (κ2) is 9.26. The summed E-state index contributed by atoms with van der Waals surface area (Å²) in [5.74, 6) is 1.02. The minimum atomic E-state index is -0.154. The molecule has 0 spiro atoms. The van der Waals surface area contributed by atoms with Crippen molar-refractivity contribution in [3.05, 3.63) is 35.5 Å². The van der Waals surface area contributed by atoms with Crippen molar-refractivity contribution in [2.24, 2.45) is 5.92 Å². The third-order valence-corrected chi connectivity index (χ3v) is 5.56. The Balaban J connectivity index is 1.95. The minimum Gasteiger partial charge on any atom is -0.494 e. The molecule has 0 radical (unpaired) electrons. The van der Waals surface area contributed by atoms with Crippen molar-refractivity contribution in [2.45, 2.75) is 52.9 Å². The van der Waals surface area contributed by atoms with Gasteiger partial charge in [-0.1, -0.05) is 38.8 Å². The summed E-state index contributed by atoms with van der Waals surface area (Å²) >= 11 is 0. The van der Waals surface area contributed by atoms with Crippen LogP contribution in [0.1, 0.15) is 58.4 Å². The fourth-order valence-electron chi connectivity index (χ4n) is 4.12. The van der Waals surface area contributed by atoms with Gasteiger partial charge < -0.3 is 9.64 Å². The number of benzene rings is 1. The van der Waals surface area contributed by atoms with Gasteiger partial charge in [0, 0.05) is 19.6 Å². The van der Waals surface area contributed by atoms with E-state index in [2.05, 4.69) is 18.7 Å². The van der Waals surface area contributed by atoms with E-state index >= 15 is 0 Å². The van der Waals surface area contributed by atoms with Gasteiger partial charge in [0.1, 0.15) is 11.4 Å². The monoisotopic (exact) mass is 384 g/mol. The number of unbranched alkanes of at least 4 members (excludes halogenated alkanes) is 2. The van der Waals surface area contributed by atoms with Gasteiger partial charge in [0.2, 0.25) is 0 Å². The van der Waals surface area contributed by atoms with Crippen LogP contribution < -0.4 is 4.74 Å². The SMILES string of the molecule is CCCCCN1C(=O)C(c2ccc(OCC)cc2)=C(N2CCCC(C)C2)C1=O. The number of imide groups is 1. The molecule has 0 aromatic heterocycles. The highest BCUT2D eigenvalue weighted by atomic mass is 16.5. The van der Waals surface area contributed by atoms with E-state index < -0.39 is 0 Å². The Morgan fingerprint density at radius 1 is 1.07 bits per heavy atom. The molecule has 5 nitrogen and oxygen atoms in total. The van der Waals surface area contributed by atoms with E-state index in [4.69, 9.17) is 4.74 Å². The van der Waals surface area contributed by atoms with E-state index in [0.717, 1.165) is 50.1 Å². The summed E-state index contributed by atoms with van der Waals surface area (Å²) in [7, 11) is 0. The number of piperidine rings is 1. The van der Waals surface area contributed by atoms with Crippen molar-refractivity contribution in [1.29, 1.82) is 0 Å². The molecule has 2 aliphatic rings. The molecular weight excluding hydrogens is 352 g/mol. The molecule has 1 saturated heterocycles. The Hall–Kier alpha value is -2.30. The molecule has 28 heavy (non-hydrogen) atoms. The largest absolute Gasteiger partial charge is 0.494 e. The predicted octanol–water partition coefficient (Wildman–Crippen LogP) is 4.09. The van der Waals surface area contributed by atoms with Crippen LogP contribution in [0.2, 0.25) is 0 Å². The van der Waals surface area contributed by atoms with Crippen molar-refractivity contribution >= 4 is 17.4 Å². The molecule has 1 atom stereocenters. The first kappa shape index (κ1) is 20.4. The van der Waals surface area contributed by atoms with Gasteiger partial charge in [-0.2, -0.15) is 0 Å². The van der Waals surface area contributed by atoms with Crippen LogP contribution in [-0.4, -0.2) is 47.9 Å². The zero-order valence-corrected chi connectivity index (χ0v) is 17.4. The summed E-state index contributed by atoms with van der Waals surface area (Å²) in [6.07, 6.45) is 5.16. The van der Waals surface area contributed by atoms with E-state index in [1.54, 1.807) is 0 Å². The number of rotatable bonds is 8. The molecule has 1 aromatic rings. The fraction of sp³-hybridized carbons (Fsp3) is 0.565. The lowest BCUT2D eigenvalue weighted by Crippen LogP contribution is -2.39. The quantitative estimate of drug-likeness (QED) is 0.500. The molecule has 5 heteroatoms. The van der Waals surface area contributed by atoms with Crippen molar-refractivity contribution in [3.63, 3.8) is 0 Å². The summed E-state index contributed by atoms with van der Waals surface area (Å²) in [6, 6.07) is 7.54. The smallest absolute Gasteiger partial charge is 0.277 e. The highest BCUT2D eigenvalue weighted by molar-refractivity contribution is 6.35. The van der Waals surface area contributed by atoms with Gasteiger partial charge >= 0.3 is 0 Å². The van der Waals surface area contributed by atoms with Crippen LogP contribution in [0.5, 0.6) is 5.75 Å². The van der Waals surface area contributed by atoms with Crippen molar-refractivity contribution < 1.29 is 14.3 Å². The van der Waals surface area contributed by atoms with Gasteiger partial charge in [-0.3, -0.25) is 14.5 Å². The topological polar surface area (TPSA) is 49.9 Å². The van der Waals surface area contributed by atoms with Crippen LogP contribution in [0.3, 0.4) is 0 Å². The third kappa shape index (κ3) is 4.23. The maximum atomic E-state index is 13.3. The first-order chi connectivity index (χ1) is 13.6. The van der Waals surface area contributed by atoms with Crippen LogP contribution in [0.4, 0.5) is 0 Å². The van der Waals surface area contributed by atoms with Crippen molar-refractivity contribution in [2.75, 3.05) is 26.2 Å². The van der Waals surface area contributed by atoms with Gasteiger partial charge in [0.25, 0.3) is 11.8 Å². The molecule has 2 amide bonds. The average Bonchev–Trinajstić information content (AvgIpc) is 2.94. The molecule has 3 rings (SSSR count). The summed E-state index contributed by atoms with van der Waals surface area (Å²) in [4.78, 5) is 30.1. The average molecular weight is 385 g/mol. The number of amides is 2. The normalized spacial score (nSPS) is 20.3. The van der Waals surface area contributed by atoms with E-state index in [9.17, 15) is 9.59 Å². The first-order valence-corrected chi connectivity index (χ1v) is 10.6. The standard InChI is InChI=1S/C23H32N2O3/c1-4-6-7-15-25-22(26)20(18-10-12-19(13-11-18)28-5-2)21(23(25)27)24-14-8-9-17(3)16-24/h10-13,17H,4-9,14-16H2,1-3H3. The van der Waals surface area contributed by atoms with Crippen LogP contribution in [-0.2, 0) is 9.59 Å². The second-order valence-electron chi connectivity index (χ2n) is 7.84.